The van der Waals surface area contributed by atoms with Crippen LogP contribution in [0.25, 0.3) is 0 Å². The molecule has 1 aromatic carbocycles. The molecule has 21 heavy (non-hydrogen) atoms. The third-order valence-electron chi connectivity index (χ3n) is 2.92. The maximum atomic E-state index is 12.4. The number of thioether (sulfide) groups is 1. The van der Waals surface area contributed by atoms with Crippen molar-refractivity contribution >= 4 is 37.7 Å². The highest BCUT2D eigenvalue weighted by molar-refractivity contribution is 9.10. The summed E-state index contributed by atoms with van der Waals surface area (Å²) in [6.45, 7) is 4.71. The lowest BCUT2D eigenvalue weighted by Gasteiger charge is -2.15. The van der Waals surface area contributed by atoms with Crippen LogP contribution in [0.15, 0.2) is 27.6 Å². The van der Waals surface area contributed by atoms with Gasteiger partial charge < -0.3 is 5.32 Å². The number of nitrogens with one attached hydrogen (secondary N) is 2. The van der Waals surface area contributed by atoms with Crippen molar-refractivity contribution in [1.82, 2.24) is 10.0 Å². The number of rotatable bonds is 9. The van der Waals surface area contributed by atoms with E-state index in [9.17, 15) is 8.42 Å². The lowest BCUT2D eigenvalue weighted by Crippen LogP contribution is -2.33. The summed E-state index contributed by atoms with van der Waals surface area (Å²) in [6, 6.07) is 5.24. The standard InChI is InChI=1S/C14H23BrN2O2S2/c1-4-20-8-7-11(2)17-21(18,19)14-6-5-12(10-16-3)9-13(14)15/h5-6,9,11,16-17H,4,7-8,10H2,1-3H3. The van der Waals surface area contributed by atoms with Crippen LogP contribution in [0.3, 0.4) is 0 Å². The van der Waals surface area contributed by atoms with Gasteiger partial charge in [-0.25, -0.2) is 13.1 Å². The molecular weight excluding hydrogens is 372 g/mol. The summed E-state index contributed by atoms with van der Waals surface area (Å²) in [5.74, 6) is 2.01. The summed E-state index contributed by atoms with van der Waals surface area (Å²) in [7, 11) is -1.63. The Morgan fingerprint density at radius 3 is 2.67 bits per heavy atom. The van der Waals surface area contributed by atoms with E-state index in [1.807, 2.05) is 37.9 Å². The van der Waals surface area contributed by atoms with Crippen LogP contribution in [-0.4, -0.2) is 33.0 Å². The second-order valence-corrected chi connectivity index (χ2v) is 8.73. The van der Waals surface area contributed by atoms with E-state index < -0.39 is 10.0 Å². The molecule has 0 amide bonds. The van der Waals surface area contributed by atoms with E-state index in [-0.39, 0.29) is 10.9 Å². The lowest BCUT2D eigenvalue weighted by atomic mass is 10.2. The van der Waals surface area contributed by atoms with Crippen molar-refractivity contribution in [3.8, 4) is 0 Å². The summed E-state index contributed by atoms with van der Waals surface area (Å²) in [5, 5.41) is 3.04. The monoisotopic (exact) mass is 394 g/mol. The quantitative estimate of drug-likeness (QED) is 0.632. The van der Waals surface area contributed by atoms with Crippen LogP contribution in [0.1, 0.15) is 25.8 Å². The largest absolute Gasteiger partial charge is 0.316 e. The molecule has 0 aliphatic carbocycles. The lowest BCUT2D eigenvalue weighted by molar-refractivity contribution is 0.556. The summed E-state index contributed by atoms with van der Waals surface area (Å²) < 4.78 is 28.1. The number of hydrogen-bond acceptors (Lipinski definition) is 4. The third-order valence-corrected chi connectivity index (χ3v) is 6.42. The van der Waals surface area contributed by atoms with E-state index in [0.29, 0.717) is 11.0 Å². The second kappa shape index (κ2) is 9.15. The molecule has 0 saturated heterocycles. The van der Waals surface area contributed by atoms with Gasteiger partial charge in [-0.15, -0.1) is 0 Å². The van der Waals surface area contributed by atoms with E-state index in [2.05, 4.69) is 32.9 Å². The van der Waals surface area contributed by atoms with Crippen LogP contribution in [-0.2, 0) is 16.6 Å². The zero-order valence-corrected chi connectivity index (χ0v) is 15.9. The van der Waals surface area contributed by atoms with E-state index in [1.165, 1.54) is 0 Å². The molecule has 120 valence electrons. The smallest absolute Gasteiger partial charge is 0.241 e. The third kappa shape index (κ3) is 6.28. The molecule has 0 aliphatic rings. The molecule has 1 unspecified atom stereocenters. The molecule has 0 heterocycles. The molecule has 0 bridgehead atoms. The fourth-order valence-corrected chi connectivity index (χ4v) is 5.08. The van der Waals surface area contributed by atoms with Crippen molar-refractivity contribution in [2.75, 3.05) is 18.6 Å². The minimum atomic E-state index is -3.49. The van der Waals surface area contributed by atoms with Gasteiger partial charge in [-0.1, -0.05) is 13.0 Å². The predicted molar refractivity (Wildman–Crippen MR) is 94.3 cm³/mol. The zero-order chi connectivity index (χ0) is 15.9. The predicted octanol–water partition coefficient (Wildman–Crippen LogP) is 2.98. The van der Waals surface area contributed by atoms with Crippen LogP contribution in [0.5, 0.6) is 0 Å². The molecule has 7 heteroatoms. The molecule has 0 radical (unpaired) electrons. The molecule has 2 N–H and O–H groups in total. The first-order valence-corrected chi connectivity index (χ1v) is 10.4. The van der Waals surface area contributed by atoms with Crippen LogP contribution < -0.4 is 10.0 Å². The Morgan fingerprint density at radius 2 is 2.10 bits per heavy atom. The SMILES string of the molecule is CCSCCC(C)NS(=O)(=O)c1ccc(CNC)cc1Br. The summed E-state index contributed by atoms with van der Waals surface area (Å²) in [6.07, 6.45) is 0.827. The van der Waals surface area contributed by atoms with Crippen molar-refractivity contribution in [3.63, 3.8) is 0 Å². The zero-order valence-electron chi connectivity index (χ0n) is 12.6. The Kier molecular flexibility index (Phi) is 8.26. The topological polar surface area (TPSA) is 58.2 Å². The first-order valence-electron chi connectivity index (χ1n) is 6.93. The summed E-state index contributed by atoms with van der Waals surface area (Å²) in [5.41, 5.74) is 1.04. The maximum Gasteiger partial charge on any atom is 0.241 e. The minimum Gasteiger partial charge on any atom is -0.316 e. The average Bonchev–Trinajstić information content (AvgIpc) is 2.38. The van der Waals surface area contributed by atoms with Crippen molar-refractivity contribution in [2.45, 2.75) is 37.8 Å². The molecule has 4 nitrogen and oxygen atoms in total. The van der Waals surface area contributed by atoms with Gasteiger partial charge in [0.25, 0.3) is 0 Å². The highest BCUT2D eigenvalue weighted by Crippen LogP contribution is 2.23. The average molecular weight is 395 g/mol. The molecule has 1 aromatic rings. The molecule has 0 aliphatic heterocycles. The van der Waals surface area contributed by atoms with Gasteiger partial charge in [-0.3, -0.25) is 0 Å². The Hall–Kier alpha value is -0.0800. The van der Waals surface area contributed by atoms with Crippen LogP contribution >= 0.6 is 27.7 Å². The highest BCUT2D eigenvalue weighted by atomic mass is 79.9. The van der Waals surface area contributed by atoms with Gasteiger partial charge in [0.1, 0.15) is 0 Å². The molecule has 1 rings (SSSR count). The van der Waals surface area contributed by atoms with Gasteiger partial charge in [-0.05, 0) is 65.5 Å². The maximum absolute atomic E-state index is 12.4. The van der Waals surface area contributed by atoms with Crippen molar-refractivity contribution in [1.29, 1.82) is 0 Å². The number of hydrogen-bond donors (Lipinski definition) is 2. The molecule has 0 fully saturated rings. The van der Waals surface area contributed by atoms with Gasteiger partial charge in [0, 0.05) is 17.1 Å². The minimum absolute atomic E-state index is 0.0714. The summed E-state index contributed by atoms with van der Waals surface area (Å²) in [4.78, 5) is 0.289. The molecule has 1 atom stereocenters. The van der Waals surface area contributed by atoms with E-state index >= 15 is 0 Å². The normalized spacial score (nSPS) is 13.3. The van der Waals surface area contributed by atoms with Crippen molar-refractivity contribution in [2.24, 2.45) is 0 Å². The van der Waals surface area contributed by atoms with Gasteiger partial charge in [-0.2, -0.15) is 11.8 Å². The van der Waals surface area contributed by atoms with Gasteiger partial charge in [0.15, 0.2) is 0 Å². The van der Waals surface area contributed by atoms with Crippen LogP contribution in [0.2, 0.25) is 0 Å². The first kappa shape index (κ1) is 19.0. The van der Waals surface area contributed by atoms with Gasteiger partial charge >= 0.3 is 0 Å². The summed E-state index contributed by atoms with van der Waals surface area (Å²) >= 11 is 5.17. The van der Waals surface area contributed by atoms with Gasteiger partial charge in [0.05, 0.1) is 4.90 Å². The number of halogens is 1. The molecule has 0 spiro atoms. The van der Waals surface area contributed by atoms with E-state index in [4.69, 9.17) is 0 Å². The molecule has 0 saturated carbocycles. The first-order chi connectivity index (χ1) is 9.90. The Bertz CT molecular complexity index is 550. The second-order valence-electron chi connectivity index (χ2n) is 4.80. The van der Waals surface area contributed by atoms with Crippen molar-refractivity contribution < 1.29 is 8.42 Å². The molecule has 0 aromatic heterocycles. The fourth-order valence-electron chi connectivity index (χ4n) is 1.87. The fraction of sp³-hybridized carbons (Fsp3) is 0.571. The van der Waals surface area contributed by atoms with Gasteiger partial charge in [0.2, 0.25) is 10.0 Å². The Balaban J connectivity index is 2.78. The Morgan fingerprint density at radius 1 is 1.38 bits per heavy atom. The van der Waals surface area contributed by atoms with Crippen LogP contribution in [0, 0.1) is 0 Å². The van der Waals surface area contributed by atoms with Crippen LogP contribution in [0.4, 0.5) is 0 Å². The highest BCUT2D eigenvalue weighted by Gasteiger charge is 2.20. The van der Waals surface area contributed by atoms with E-state index in [0.717, 1.165) is 23.5 Å². The van der Waals surface area contributed by atoms with Crippen molar-refractivity contribution in [3.05, 3.63) is 28.2 Å². The Labute approximate surface area is 140 Å². The number of sulfonamides is 1. The molecular formula is C14H23BrN2O2S2. The van der Waals surface area contributed by atoms with E-state index in [1.54, 1.807) is 6.07 Å². The number of benzene rings is 1.